The molecule has 1 heterocycles. The second-order valence-electron chi connectivity index (χ2n) is 5.32. The lowest BCUT2D eigenvalue weighted by Gasteiger charge is -2.26. The van der Waals surface area contributed by atoms with Gasteiger partial charge in [-0.2, -0.15) is 0 Å². The summed E-state index contributed by atoms with van der Waals surface area (Å²) in [5, 5.41) is 0.820. The molecule has 2 N–H and O–H groups in total. The first-order valence-electron chi connectivity index (χ1n) is 7.04. The second-order valence-corrected chi connectivity index (χ2v) is 5.72. The van der Waals surface area contributed by atoms with E-state index in [1.165, 1.54) is 11.1 Å². The van der Waals surface area contributed by atoms with Gasteiger partial charge in [-0.1, -0.05) is 17.7 Å². The second kappa shape index (κ2) is 5.58. The summed E-state index contributed by atoms with van der Waals surface area (Å²) in [6.07, 6.45) is 0. The van der Waals surface area contributed by atoms with Crippen LogP contribution in [0, 0.1) is 6.92 Å². The zero-order valence-corrected chi connectivity index (χ0v) is 13.0. The van der Waals surface area contributed by atoms with Crippen molar-refractivity contribution in [1.82, 2.24) is 0 Å². The number of hydrogen-bond acceptors (Lipinski definition) is 3. The molecular formula is C17H19ClN2O. The Morgan fingerprint density at radius 3 is 2.57 bits per heavy atom. The van der Waals surface area contributed by atoms with E-state index in [-0.39, 0.29) is 6.04 Å². The topological polar surface area (TPSA) is 38.5 Å². The summed E-state index contributed by atoms with van der Waals surface area (Å²) in [5.74, 6) is 0.860. The molecule has 2 aromatic rings. The highest BCUT2D eigenvalue weighted by molar-refractivity contribution is 6.31. The summed E-state index contributed by atoms with van der Waals surface area (Å²) in [4.78, 5) is 2.33. The Morgan fingerprint density at radius 1 is 1.24 bits per heavy atom. The van der Waals surface area contributed by atoms with E-state index in [2.05, 4.69) is 30.0 Å². The highest BCUT2D eigenvalue weighted by atomic mass is 35.5. The average Bonchev–Trinajstić information content (AvgIpc) is 2.90. The van der Waals surface area contributed by atoms with Crippen molar-refractivity contribution in [2.75, 3.05) is 18.6 Å². The standard InChI is InChI=1S/C17H19ClN2O/c1-11-15-10-20(12-3-5-13(21-2)6-4-12)17(9-19)14(15)7-8-16(11)18/h3-8,17H,9-10,19H2,1-2H3. The van der Waals surface area contributed by atoms with Crippen molar-refractivity contribution in [3.63, 3.8) is 0 Å². The number of fused-ring (bicyclic) bond motifs is 1. The zero-order valence-electron chi connectivity index (χ0n) is 12.3. The molecule has 2 aromatic carbocycles. The lowest BCUT2D eigenvalue weighted by molar-refractivity contribution is 0.415. The monoisotopic (exact) mass is 302 g/mol. The van der Waals surface area contributed by atoms with Crippen molar-refractivity contribution < 1.29 is 4.74 Å². The minimum absolute atomic E-state index is 0.198. The van der Waals surface area contributed by atoms with E-state index in [0.717, 1.165) is 28.6 Å². The van der Waals surface area contributed by atoms with Crippen LogP contribution in [0.5, 0.6) is 5.75 Å². The molecule has 0 radical (unpaired) electrons. The highest BCUT2D eigenvalue weighted by Gasteiger charge is 2.30. The van der Waals surface area contributed by atoms with Gasteiger partial charge in [0.05, 0.1) is 13.2 Å². The maximum Gasteiger partial charge on any atom is 0.119 e. The summed E-state index contributed by atoms with van der Waals surface area (Å²) < 4.78 is 5.22. The van der Waals surface area contributed by atoms with Gasteiger partial charge in [0.25, 0.3) is 0 Å². The number of benzene rings is 2. The number of rotatable bonds is 3. The van der Waals surface area contributed by atoms with Crippen LogP contribution in [-0.2, 0) is 6.54 Å². The van der Waals surface area contributed by atoms with Crippen LogP contribution < -0.4 is 15.4 Å². The quantitative estimate of drug-likeness (QED) is 0.940. The molecule has 0 amide bonds. The van der Waals surface area contributed by atoms with E-state index in [1.807, 2.05) is 18.2 Å². The molecule has 4 heteroatoms. The van der Waals surface area contributed by atoms with Gasteiger partial charge in [0, 0.05) is 23.8 Å². The van der Waals surface area contributed by atoms with Crippen molar-refractivity contribution in [1.29, 1.82) is 0 Å². The number of nitrogens with zero attached hydrogens (tertiary/aromatic N) is 1. The van der Waals surface area contributed by atoms with E-state index >= 15 is 0 Å². The largest absolute Gasteiger partial charge is 0.497 e. The Bertz CT molecular complexity index is 655. The molecule has 0 fully saturated rings. The Morgan fingerprint density at radius 2 is 1.95 bits per heavy atom. The van der Waals surface area contributed by atoms with Gasteiger partial charge >= 0.3 is 0 Å². The fourth-order valence-electron chi connectivity index (χ4n) is 3.02. The van der Waals surface area contributed by atoms with E-state index in [1.54, 1.807) is 7.11 Å². The van der Waals surface area contributed by atoms with Gasteiger partial charge in [-0.05, 0) is 53.9 Å². The van der Waals surface area contributed by atoms with Crippen molar-refractivity contribution in [2.45, 2.75) is 19.5 Å². The SMILES string of the molecule is COc1ccc(N2Cc3c(ccc(Cl)c3C)C2CN)cc1. The summed E-state index contributed by atoms with van der Waals surface area (Å²) in [7, 11) is 1.68. The molecule has 3 rings (SSSR count). The third kappa shape index (κ3) is 2.37. The van der Waals surface area contributed by atoms with Gasteiger partial charge in [0.15, 0.2) is 0 Å². The Balaban J connectivity index is 1.99. The molecule has 0 saturated carbocycles. The van der Waals surface area contributed by atoms with Crippen molar-refractivity contribution in [2.24, 2.45) is 5.73 Å². The van der Waals surface area contributed by atoms with Crippen LogP contribution >= 0.6 is 11.6 Å². The average molecular weight is 303 g/mol. The predicted molar refractivity (Wildman–Crippen MR) is 87.2 cm³/mol. The van der Waals surface area contributed by atoms with Gasteiger partial charge in [-0.25, -0.2) is 0 Å². The number of ether oxygens (including phenoxy) is 1. The van der Waals surface area contributed by atoms with Crippen molar-refractivity contribution in [3.05, 3.63) is 58.1 Å². The molecule has 1 unspecified atom stereocenters. The van der Waals surface area contributed by atoms with E-state index < -0.39 is 0 Å². The van der Waals surface area contributed by atoms with Crippen LogP contribution in [0.4, 0.5) is 5.69 Å². The third-order valence-electron chi connectivity index (χ3n) is 4.26. The fraction of sp³-hybridized carbons (Fsp3) is 0.294. The maximum atomic E-state index is 6.25. The number of hydrogen-bond donors (Lipinski definition) is 1. The lowest BCUT2D eigenvalue weighted by atomic mass is 10.0. The number of methoxy groups -OCH3 is 1. The van der Waals surface area contributed by atoms with Crippen LogP contribution in [0.1, 0.15) is 22.7 Å². The highest BCUT2D eigenvalue weighted by Crippen LogP contribution is 2.40. The lowest BCUT2D eigenvalue weighted by Crippen LogP contribution is -2.27. The molecule has 0 saturated heterocycles. The first-order valence-corrected chi connectivity index (χ1v) is 7.42. The zero-order chi connectivity index (χ0) is 15.0. The van der Waals surface area contributed by atoms with Crippen LogP contribution in [0.2, 0.25) is 5.02 Å². The minimum atomic E-state index is 0.198. The minimum Gasteiger partial charge on any atom is -0.497 e. The Kier molecular flexibility index (Phi) is 3.79. The molecule has 1 atom stereocenters. The Labute approximate surface area is 130 Å². The third-order valence-corrected chi connectivity index (χ3v) is 4.67. The molecule has 110 valence electrons. The fourth-order valence-corrected chi connectivity index (χ4v) is 3.20. The molecule has 0 spiro atoms. The number of halogens is 1. The first kappa shape index (κ1) is 14.2. The van der Waals surface area contributed by atoms with Gasteiger partial charge in [0.2, 0.25) is 0 Å². The normalized spacial score (nSPS) is 17.0. The summed E-state index contributed by atoms with van der Waals surface area (Å²) >= 11 is 6.25. The summed E-state index contributed by atoms with van der Waals surface area (Å²) in [6.45, 7) is 3.50. The van der Waals surface area contributed by atoms with E-state index in [4.69, 9.17) is 22.1 Å². The number of anilines is 1. The molecule has 0 aromatic heterocycles. The molecular weight excluding hydrogens is 284 g/mol. The first-order chi connectivity index (χ1) is 10.2. The van der Waals surface area contributed by atoms with E-state index in [0.29, 0.717) is 6.54 Å². The van der Waals surface area contributed by atoms with Crippen LogP contribution in [0.3, 0.4) is 0 Å². The predicted octanol–water partition coefficient (Wildman–Crippen LogP) is 3.68. The molecule has 1 aliphatic heterocycles. The van der Waals surface area contributed by atoms with Crippen molar-refractivity contribution in [3.8, 4) is 5.75 Å². The van der Waals surface area contributed by atoms with Gasteiger partial charge in [-0.3, -0.25) is 0 Å². The van der Waals surface area contributed by atoms with Crippen LogP contribution in [0.15, 0.2) is 36.4 Å². The maximum absolute atomic E-state index is 6.25. The van der Waals surface area contributed by atoms with Gasteiger partial charge < -0.3 is 15.4 Å². The van der Waals surface area contributed by atoms with Gasteiger partial charge in [0.1, 0.15) is 5.75 Å². The van der Waals surface area contributed by atoms with Gasteiger partial charge in [-0.15, -0.1) is 0 Å². The summed E-state index contributed by atoms with van der Waals surface area (Å²) in [6, 6.07) is 12.4. The molecule has 0 bridgehead atoms. The summed E-state index contributed by atoms with van der Waals surface area (Å²) in [5.41, 5.74) is 10.9. The Hall–Kier alpha value is -1.71. The van der Waals surface area contributed by atoms with Crippen LogP contribution in [0.25, 0.3) is 0 Å². The molecule has 21 heavy (non-hydrogen) atoms. The van der Waals surface area contributed by atoms with Crippen LogP contribution in [-0.4, -0.2) is 13.7 Å². The van der Waals surface area contributed by atoms with Crippen molar-refractivity contribution >= 4 is 17.3 Å². The molecule has 3 nitrogen and oxygen atoms in total. The smallest absolute Gasteiger partial charge is 0.119 e. The molecule has 0 aliphatic carbocycles. The van der Waals surface area contributed by atoms with E-state index in [9.17, 15) is 0 Å². The molecule has 1 aliphatic rings. The number of nitrogens with two attached hydrogens (primary N) is 1.